The molecular formula is C9H8F3N3O. The zero-order valence-electron chi connectivity index (χ0n) is 8.16. The van der Waals surface area contributed by atoms with Crippen LogP contribution in [0.1, 0.15) is 17.8 Å². The highest BCUT2D eigenvalue weighted by atomic mass is 19.4. The fourth-order valence-corrected chi connectivity index (χ4v) is 1.55. The number of ether oxygens (including phenoxy) is 1. The second-order valence-electron chi connectivity index (χ2n) is 3.49. The van der Waals surface area contributed by atoms with Gasteiger partial charge in [-0.1, -0.05) is 0 Å². The van der Waals surface area contributed by atoms with E-state index in [9.17, 15) is 13.2 Å². The van der Waals surface area contributed by atoms with E-state index < -0.39 is 17.6 Å². The third kappa shape index (κ3) is 1.88. The minimum absolute atomic E-state index is 0.0868. The summed E-state index contributed by atoms with van der Waals surface area (Å²) in [5.41, 5.74) is -1.59. The summed E-state index contributed by atoms with van der Waals surface area (Å²) in [4.78, 5) is 3.44. The zero-order valence-corrected chi connectivity index (χ0v) is 8.16. The molecule has 0 unspecified atom stereocenters. The standard InChI is InChI=1S/C9H8F3N3O/c10-9(11,12)8-7(3-13)14-5-15(8)4-6-1-2-16-6/h5-6H,1-2,4H2/t6-/m0/s1. The van der Waals surface area contributed by atoms with Crippen molar-refractivity contribution in [2.24, 2.45) is 0 Å². The first-order chi connectivity index (χ1) is 7.52. The number of nitriles is 1. The van der Waals surface area contributed by atoms with Crippen molar-refractivity contribution in [2.75, 3.05) is 6.61 Å². The largest absolute Gasteiger partial charge is 0.434 e. The van der Waals surface area contributed by atoms with Crippen molar-refractivity contribution in [3.63, 3.8) is 0 Å². The molecular weight excluding hydrogens is 223 g/mol. The van der Waals surface area contributed by atoms with Gasteiger partial charge in [0.15, 0.2) is 11.4 Å². The lowest BCUT2D eigenvalue weighted by Crippen LogP contribution is -2.32. The van der Waals surface area contributed by atoms with Crippen LogP contribution in [0.25, 0.3) is 0 Å². The van der Waals surface area contributed by atoms with Crippen LogP contribution >= 0.6 is 0 Å². The van der Waals surface area contributed by atoms with Crippen LogP contribution in [0.5, 0.6) is 0 Å². The van der Waals surface area contributed by atoms with E-state index in [2.05, 4.69) is 4.98 Å². The predicted molar refractivity (Wildman–Crippen MR) is 46.3 cm³/mol. The number of hydrogen-bond donors (Lipinski definition) is 0. The molecule has 1 atom stereocenters. The quantitative estimate of drug-likeness (QED) is 0.776. The van der Waals surface area contributed by atoms with E-state index in [1.807, 2.05) is 0 Å². The van der Waals surface area contributed by atoms with Crippen LogP contribution in [0.15, 0.2) is 6.33 Å². The van der Waals surface area contributed by atoms with Crippen LogP contribution in [0.2, 0.25) is 0 Å². The summed E-state index contributed by atoms with van der Waals surface area (Å²) in [7, 11) is 0. The SMILES string of the molecule is N#Cc1ncn(C[C@@H]2CCO2)c1C(F)(F)F. The normalized spacial score (nSPS) is 20.2. The summed E-state index contributed by atoms with van der Waals surface area (Å²) >= 11 is 0. The molecule has 0 aromatic carbocycles. The molecule has 7 heteroatoms. The van der Waals surface area contributed by atoms with Crippen LogP contribution in [0.3, 0.4) is 0 Å². The van der Waals surface area contributed by atoms with Gasteiger partial charge in [0, 0.05) is 6.61 Å². The first-order valence-electron chi connectivity index (χ1n) is 4.66. The summed E-state index contributed by atoms with van der Waals surface area (Å²) in [5, 5.41) is 8.54. The van der Waals surface area contributed by atoms with Crippen molar-refractivity contribution in [1.82, 2.24) is 9.55 Å². The summed E-state index contributed by atoms with van der Waals surface area (Å²) in [6, 6.07) is 1.44. The van der Waals surface area contributed by atoms with Crippen molar-refractivity contribution in [3.8, 4) is 6.07 Å². The van der Waals surface area contributed by atoms with E-state index in [0.717, 1.165) is 17.3 Å². The molecule has 0 aliphatic carbocycles. The number of aromatic nitrogens is 2. The monoisotopic (exact) mass is 231 g/mol. The van der Waals surface area contributed by atoms with Crippen LogP contribution in [-0.2, 0) is 17.5 Å². The molecule has 1 saturated heterocycles. The number of halogens is 3. The fourth-order valence-electron chi connectivity index (χ4n) is 1.55. The first-order valence-corrected chi connectivity index (χ1v) is 4.66. The Hall–Kier alpha value is -1.55. The Kier molecular flexibility index (Phi) is 2.59. The van der Waals surface area contributed by atoms with E-state index in [4.69, 9.17) is 10.00 Å². The molecule has 86 valence electrons. The van der Waals surface area contributed by atoms with E-state index in [-0.39, 0.29) is 12.6 Å². The molecule has 0 amide bonds. The van der Waals surface area contributed by atoms with Gasteiger partial charge >= 0.3 is 6.18 Å². The van der Waals surface area contributed by atoms with E-state index >= 15 is 0 Å². The van der Waals surface area contributed by atoms with Gasteiger partial charge in [-0.05, 0) is 6.42 Å². The maximum atomic E-state index is 12.6. The number of nitrogens with zero attached hydrogens (tertiary/aromatic N) is 3. The summed E-state index contributed by atoms with van der Waals surface area (Å²) in [6.45, 7) is 0.662. The zero-order chi connectivity index (χ0) is 11.8. The summed E-state index contributed by atoms with van der Waals surface area (Å²) in [5.74, 6) is 0. The van der Waals surface area contributed by atoms with Crippen LogP contribution in [0, 0.1) is 11.3 Å². The maximum Gasteiger partial charge on any atom is 0.434 e. The number of imidazole rings is 1. The van der Waals surface area contributed by atoms with Gasteiger partial charge < -0.3 is 9.30 Å². The van der Waals surface area contributed by atoms with Crippen LogP contribution in [0.4, 0.5) is 13.2 Å². The molecule has 0 bridgehead atoms. The molecule has 0 N–H and O–H groups in total. The van der Waals surface area contributed by atoms with Crippen molar-refractivity contribution >= 4 is 0 Å². The van der Waals surface area contributed by atoms with Crippen molar-refractivity contribution < 1.29 is 17.9 Å². The molecule has 1 aliphatic heterocycles. The van der Waals surface area contributed by atoms with Gasteiger partial charge in [-0.25, -0.2) is 4.98 Å². The van der Waals surface area contributed by atoms with Crippen molar-refractivity contribution in [2.45, 2.75) is 25.2 Å². The third-order valence-electron chi connectivity index (χ3n) is 2.41. The highest BCUT2D eigenvalue weighted by molar-refractivity contribution is 5.29. The number of rotatable bonds is 2. The molecule has 1 fully saturated rings. The number of hydrogen-bond acceptors (Lipinski definition) is 3. The van der Waals surface area contributed by atoms with Gasteiger partial charge in [-0.3, -0.25) is 0 Å². The molecule has 4 nitrogen and oxygen atoms in total. The lowest BCUT2D eigenvalue weighted by molar-refractivity contribution is -0.145. The average molecular weight is 231 g/mol. The molecule has 0 spiro atoms. The van der Waals surface area contributed by atoms with Gasteiger partial charge in [-0.2, -0.15) is 18.4 Å². The molecule has 0 saturated carbocycles. The van der Waals surface area contributed by atoms with Crippen molar-refractivity contribution in [1.29, 1.82) is 5.26 Å². The first kappa shape index (κ1) is 11.0. The molecule has 0 radical (unpaired) electrons. The molecule has 2 rings (SSSR count). The van der Waals surface area contributed by atoms with Gasteiger partial charge in [0.05, 0.1) is 19.0 Å². The average Bonchev–Trinajstić information content (AvgIpc) is 2.53. The molecule has 1 aromatic rings. The Morgan fingerprint density at radius 2 is 2.31 bits per heavy atom. The van der Waals surface area contributed by atoms with Gasteiger partial charge in [0.1, 0.15) is 6.07 Å². The minimum atomic E-state index is -4.56. The summed E-state index contributed by atoms with van der Waals surface area (Å²) < 4.78 is 43.9. The molecule has 2 heterocycles. The van der Waals surface area contributed by atoms with Crippen LogP contribution in [-0.4, -0.2) is 22.3 Å². The van der Waals surface area contributed by atoms with E-state index in [1.54, 1.807) is 0 Å². The van der Waals surface area contributed by atoms with Crippen molar-refractivity contribution in [3.05, 3.63) is 17.7 Å². The van der Waals surface area contributed by atoms with Gasteiger partial charge in [0.2, 0.25) is 0 Å². The Morgan fingerprint density at radius 1 is 1.62 bits per heavy atom. The molecule has 1 aliphatic rings. The predicted octanol–water partition coefficient (Wildman–Crippen LogP) is 1.56. The molecule has 16 heavy (non-hydrogen) atoms. The van der Waals surface area contributed by atoms with Gasteiger partial charge in [-0.15, -0.1) is 0 Å². The number of alkyl halides is 3. The Morgan fingerprint density at radius 3 is 2.75 bits per heavy atom. The van der Waals surface area contributed by atoms with E-state index in [1.165, 1.54) is 6.07 Å². The highest BCUT2D eigenvalue weighted by Crippen LogP contribution is 2.32. The second kappa shape index (κ2) is 3.79. The summed E-state index contributed by atoms with van der Waals surface area (Å²) in [6.07, 6.45) is -3.01. The third-order valence-corrected chi connectivity index (χ3v) is 2.41. The Bertz CT molecular complexity index is 428. The Labute approximate surface area is 89.3 Å². The lowest BCUT2D eigenvalue weighted by atomic mass is 10.2. The smallest absolute Gasteiger partial charge is 0.376 e. The molecule has 1 aromatic heterocycles. The fraction of sp³-hybridized carbons (Fsp3) is 0.556. The second-order valence-corrected chi connectivity index (χ2v) is 3.49. The van der Waals surface area contributed by atoms with Crippen LogP contribution < -0.4 is 0 Å². The highest BCUT2D eigenvalue weighted by Gasteiger charge is 2.39. The minimum Gasteiger partial charge on any atom is -0.376 e. The van der Waals surface area contributed by atoms with E-state index in [0.29, 0.717) is 6.61 Å². The van der Waals surface area contributed by atoms with Gasteiger partial charge in [0.25, 0.3) is 0 Å². The lowest BCUT2D eigenvalue weighted by Gasteiger charge is -2.27. The Balaban J connectivity index is 2.30. The topological polar surface area (TPSA) is 50.8 Å². The maximum absolute atomic E-state index is 12.6.